The van der Waals surface area contributed by atoms with Crippen LogP contribution in [-0.2, 0) is 16.0 Å². The Balaban J connectivity index is 1.89. The fourth-order valence-corrected chi connectivity index (χ4v) is 2.97. The Morgan fingerprint density at radius 3 is 2.76 bits per heavy atom. The molecule has 2 amide bonds. The molecule has 1 aromatic carbocycles. The highest BCUT2D eigenvalue weighted by atomic mass is 16.4. The summed E-state index contributed by atoms with van der Waals surface area (Å²) in [7, 11) is 0. The van der Waals surface area contributed by atoms with Crippen LogP contribution in [0.1, 0.15) is 34.5 Å². The van der Waals surface area contributed by atoms with Gasteiger partial charge in [-0.25, -0.2) is 0 Å². The van der Waals surface area contributed by atoms with Crippen LogP contribution in [0.2, 0.25) is 0 Å². The maximum atomic E-state index is 12.7. The molecule has 1 fully saturated rings. The van der Waals surface area contributed by atoms with E-state index in [1.165, 1.54) is 6.26 Å². The highest BCUT2D eigenvalue weighted by Crippen LogP contribution is 2.30. The average molecular weight is 342 g/mol. The zero-order valence-corrected chi connectivity index (χ0v) is 13.7. The lowest BCUT2D eigenvalue weighted by atomic mass is 10.1. The third-order valence-electron chi connectivity index (χ3n) is 4.11. The van der Waals surface area contributed by atoms with E-state index >= 15 is 0 Å². The first kappa shape index (κ1) is 16.8. The molecule has 25 heavy (non-hydrogen) atoms. The van der Waals surface area contributed by atoms with Crippen LogP contribution >= 0.6 is 0 Å². The minimum absolute atomic E-state index is 0.0211. The quantitative estimate of drug-likeness (QED) is 0.870. The molecule has 130 valence electrons. The molecule has 3 rings (SSSR count). The van der Waals surface area contributed by atoms with Crippen molar-refractivity contribution in [3.63, 3.8) is 0 Å². The predicted molar refractivity (Wildman–Crippen MR) is 90.8 cm³/mol. The average Bonchev–Trinajstić information content (AvgIpc) is 3.13. The molecule has 1 aromatic heterocycles. The minimum atomic E-state index is -1.08. The highest BCUT2D eigenvalue weighted by Gasteiger charge is 2.26. The van der Waals surface area contributed by atoms with Gasteiger partial charge in [0.15, 0.2) is 0 Å². The molecule has 1 saturated heterocycles. The van der Waals surface area contributed by atoms with E-state index in [-0.39, 0.29) is 23.7 Å². The van der Waals surface area contributed by atoms with Crippen molar-refractivity contribution in [2.24, 2.45) is 0 Å². The lowest BCUT2D eigenvalue weighted by molar-refractivity contribution is -0.136. The number of carbonyl (C=O) groups is 3. The number of hydrogen-bond donors (Lipinski definition) is 2. The summed E-state index contributed by atoms with van der Waals surface area (Å²) in [5.74, 6) is -1.40. The number of furan rings is 1. The standard InChI is InChI=1S/C18H18N2O5/c1-11-10-25-14(9-16(22)23)17(11)18(24)19-12-5-2-3-6-13(12)20-8-4-7-15(20)21/h2-3,5-6,10H,4,7-9H2,1H3,(H,19,24)(H,22,23). The first-order valence-corrected chi connectivity index (χ1v) is 7.97. The van der Waals surface area contributed by atoms with E-state index in [0.717, 1.165) is 6.42 Å². The lowest BCUT2D eigenvalue weighted by Gasteiger charge is -2.20. The van der Waals surface area contributed by atoms with Crippen LogP contribution in [0.15, 0.2) is 34.9 Å². The molecule has 1 aliphatic rings. The summed E-state index contributed by atoms with van der Waals surface area (Å²) in [5.41, 5.74) is 1.91. The number of nitrogens with zero attached hydrogens (tertiary/aromatic N) is 1. The Bertz CT molecular complexity index is 840. The number of carboxylic acids is 1. The fraction of sp³-hybridized carbons (Fsp3) is 0.278. The number of carboxylic acid groups (broad SMARTS) is 1. The SMILES string of the molecule is Cc1coc(CC(=O)O)c1C(=O)Nc1ccccc1N1CCCC1=O. The minimum Gasteiger partial charge on any atom is -0.481 e. The third-order valence-corrected chi connectivity index (χ3v) is 4.11. The van der Waals surface area contributed by atoms with Crippen molar-refractivity contribution in [3.8, 4) is 0 Å². The van der Waals surface area contributed by atoms with Crippen molar-refractivity contribution in [2.75, 3.05) is 16.8 Å². The van der Waals surface area contributed by atoms with Crippen molar-refractivity contribution in [2.45, 2.75) is 26.2 Å². The van der Waals surface area contributed by atoms with Crippen LogP contribution in [0.3, 0.4) is 0 Å². The number of rotatable bonds is 5. The van der Waals surface area contributed by atoms with Crippen LogP contribution in [0.25, 0.3) is 0 Å². The van der Waals surface area contributed by atoms with Gasteiger partial charge in [-0.15, -0.1) is 0 Å². The van der Waals surface area contributed by atoms with Gasteiger partial charge < -0.3 is 19.7 Å². The monoisotopic (exact) mass is 342 g/mol. The molecule has 7 heteroatoms. The van der Waals surface area contributed by atoms with E-state index in [9.17, 15) is 14.4 Å². The molecule has 1 aliphatic heterocycles. The predicted octanol–water partition coefficient (Wildman–Crippen LogP) is 2.59. The summed E-state index contributed by atoms with van der Waals surface area (Å²) in [6.45, 7) is 2.29. The second-order valence-electron chi connectivity index (χ2n) is 5.91. The largest absolute Gasteiger partial charge is 0.481 e. The van der Waals surface area contributed by atoms with Crippen molar-refractivity contribution in [1.82, 2.24) is 0 Å². The second-order valence-corrected chi connectivity index (χ2v) is 5.91. The van der Waals surface area contributed by atoms with Gasteiger partial charge in [0.05, 0.1) is 23.2 Å². The number of benzene rings is 1. The van der Waals surface area contributed by atoms with Gasteiger partial charge in [0, 0.05) is 18.5 Å². The Kier molecular flexibility index (Phi) is 4.56. The smallest absolute Gasteiger partial charge is 0.311 e. The lowest BCUT2D eigenvalue weighted by Crippen LogP contribution is -2.25. The van der Waals surface area contributed by atoms with Gasteiger partial charge in [0.2, 0.25) is 5.91 Å². The second kappa shape index (κ2) is 6.80. The Hall–Kier alpha value is -3.09. The molecule has 2 heterocycles. The van der Waals surface area contributed by atoms with Crippen LogP contribution in [0, 0.1) is 6.92 Å². The van der Waals surface area contributed by atoms with E-state index in [1.54, 1.807) is 36.1 Å². The fourth-order valence-electron chi connectivity index (χ4n) is 2.97. The van der Waals surface area contributed by atoms with E-state index in [1.807, 2.05) is 0 Å². The van der Waals surface area contributed by atoms with Gasteiger partial charge in [-0.3, -0.25) is 14.4 Å². The van der Waals surface area contributed by atoms with Gasteiger partial charge in [0.1, 0.15) is 12.2 Å². The van der Waals surface area contributed by atoms with Gasteiger partial charge in [-0.05, 0) is 25.5 Å². The molecule has 0 bridgehead atoms. The zero-order chi connectivity index (χ0) is 18.0. The first-order valence-electron chi connectivity index (χ1n) is 7.97. The third kappa shape index (κ3) is 3.40. The molecule has 2 N–H and O–H groups in total. The number of carbonyl (C=O) groups excluding carboxylic acids is 2. The van der Waals surface area contributed by atoms with Crippen molar-refractivity contribution in [3.05, 3.63) is 47.4 Å². The number of aryl methyl sites for hydroxylation is 1. The molecular formula is C18H18N2O5. The number of nitrogens with one attached hydrogen (secondary N) is 1. The summed E-state index contributed by atoms with van der Waals surface area (Å²) in [6, 6.07) is 7.06. The van der Waals surface area contributed by atoms with Gasteiger partial charge >= 0.3 is 5.97 Å². The van der Waals surface area contributed by atoms with E-state index in [0.29, 0.717) is 29.9 Å². The van der Waals surface area contributed by atoms with Crippen molar-refractivity contribution < 1.29 is 23.9 Å². The molecule has 0 atom stereocenters. The zero-order valence-electron chi connectivity index (χ0n) is 13.7. The number of hydrogen-bond acceptors (Lipinski definition) is 4. The van der Waals surface area contributed by atoms with Crippen molar-refractivity contribution in [1.29, 1.82) is 0 Å². The summed E-state index contributed by atoms with van der Waals surface area (Å²) < 4.78 is 5.21. The molecule has 0 saturated carbocycles. The Morgan fingerprint density at radius 1 is 1.32 bits per heavy atom. The van der Waals surface area contributed by atoms with Crippen LogP contribution in [0.5, 0.6) is 0 Å². The van der Waals surface area contributed by atoms with E-state index < -0.39 is 11.9 Å². The molecule has 0 aliphatic carbocycles. The van der Waals surface area contributed by atoms with E-state index in [2.05, 4.69) is 5.32 Å². The van der Waals surface area contributed by atoms with Gasteiger partial charge in [0.25, 0.3) is 5.91 Å². The van der Waals surface area contributed by atoms with Crippen LogP contribution in [-0.4, -0.2) is 29.4 Å². The summed E-state index contributed by atoms with van der Waals surface area (Å²) in [5, 5.41) is 11.7. The highest BCUT2D eigenvalue weighted by molar-refractivity contribution is 6.09. The van der Waals surface area contributed by atoms with Gasteiger partial charge in [-0.1, -0.05) is 12.1 Å². The van der Waals surface area contributed by atoms with Crippen LogP contribution < -0.4 is 10.2 Å². The topological polar surface area (TPSA) is 99.8 Å². The molecule has 2 aromatic rings. The molecule has 0 spiro atoms. The normalized spacial score (nSPS) is 14.0. The molecule has 0 unspecified atom stereocenters. The maximum Gasteiger partial charge on any atom is 0.311 e. The summed E-state index contributed by atoms with van der Waals surface area (Å²) in [6.07, 6.45) is 2.27. The van der Waals surface area contributed by atoms with E-state index in [4.69, 9.17) is 9.52 Å². The number of aliphatic carboxylic acids is 1. The van der Waals surface area contributed by atoms with Crippen molar-refractivity contribution >= 4 is 29.2 Å². The molecule has 0 radical (unpaired) electrons. The summed E-state index contributed by atoms with van der Waals surface area (Å²) >= 11 is 0. The first-order chi connectivity index (χ1) is 12.0. The maximum absolute atomic E-state index is 12.7. The molecule has 7 nitrogen and oxygen atoms in total. The van der Waals surface area contributed by atoms with Crippen LogP contribution in [0.4, 0.5) is 11.4 Å². The number of para-hydroxylation sites is 2. The number of anilines is 2. The number of amides is 2. The Labute approximate surface area is 144 Å². The van der Waals surface area contributed by atoms with Gasteiger partial charge in [-0.2, -0.15) is 0 Å². The summed E-state index contributed by atoms with van der Waals surface area (Å²) in [4.78, 5) is 37.3. The Morgan fingerprint density at radius 2 is 2.08 bits per heavy atom. The molecular weight excluding hydrogens is 324 g/mol.